The monoisotopic (exact) mass is 865 g/mol. The Labute approximate surface area is 397 Å². The van der Waals surface area contributed by atoms with Crippen molar-refractivity contribution in [3.63, 3.8) is 0 Å². The molecule has 67 heavy (non-hydrogen) atoms. The topological polar surface area (TPSA) is 9.72 Å². The predicted octanol–water partition coefficient (Wildman–Crippen LogP) is 15.6. The van der Waals surface area contributed by atoms with Gasteiger partial charge in [-0.15, -0.1) is 0 Å². The smallest absolute Gasteiger partial charge is 0.252 e. The SMILES string of the molecule is CCCCc1ccc(N2c3cc(N(c4ccccc4)c4ccccc4)ccc3B3c4cc(-c5ccccc5)ccc4N(c4ccc(CCCC)cc4-c4ccccc4)c4cc(C)cc2c43)cc1. The van der Waals surface area contributed by atoms with Gasteiger partial charge in [0.05, 0.1) is 5.69 Å². The number of hydrogen-bond donors (Lipinski definition) is 0. The summed E-state index contributed by atoms with van der Waals surface area (Å²) >= 11 is 0. The van der Waals surface area contributed by atoms with Gasteiger partial charge in [-0.1, -0.05) is 160 Å². The van der Waals surface area contributed by atoms with Gasteiger partial charge >= 0.3 is 0 Å². The van der Waals surface area contributed by atoms with E-state index in [2.05, 4.69) is 248 Å². The van der Waals surface area contributed by atoms with Crippen molar-refractivity contribution >= 4 is 74.3 Å². The molecule has 0 radical (unpaired) electrons. The summed E-state index contributed by atoms with van der Waals surface area (Å²) in [5.41, 5.74) is 23.4. The third-order valence-corrected chi connectivity index (χ3v) is 13.8. The maximum absolute atomic E-state index is 2.59. The van der Waals surface area contributed by atoms with E-state index in [9.17, 15) is 0 Å². The molecule has 3 nitrogen and oxygen atoms in total. The molecule has 0 saturated heterocycles. The molecule has 0 fully saturated rings. The molecule has 0 atom stereocenters. The van der Waals surface area contributed by atoms with Crippen molar-refractivity contribution in [1.29, 1.82) is 0 Å². The minimum Gasteiger partial charge on any atom is -0.311 e. The van der Waals surface area contributed by atoms with Crippen LogP contribution in [-0.2, 0) is 12.8 Å². The van der Waals surface area contributed by atoms with Gasteiger partial charge in [0.15, 0.2) is 0 Å². The van der Waals surface area contributed by atoms with Crippen LogP contribution in [0.3, 0.4) is 0 Å². The summed E-state index contributed by atoms with van der Waals surface area (Å²) in [6, 6.07) is 79.4. The second kappa shape index (κ2) is 18.4. The van der Waals surface area contributed by atoms with Crippen LogP contribution in [-0.4, -0.2) is 6.71 Å². The Bertz CT molecular complexity index is 3130. The van der Waals surface area contributed by atoms with Gasteiger partial charge < -0.3 is 14.7 Å². The number of nitrogens with zero attached hydrogens (tertiary/aromatic N) is 3. The molecule has 0 N–H and O–H groups in total. The molecule has 2 aliphatic heterocycles. The Morgan fingerprint density at radius 3 is 1.61 bits per heavy atom. The maximum atomic E-state index is 2.59. The second-order valence-corrected chi connectivity index (χ2v) is 18.3. The molecule has 0 unspecified atom stereocenters. The molecule has 4 heteroatoms. The first-order chi connectivity index (χ1) is 33.1. The zero-order valence-electron chi connectivity index (χ0n) is 38.9. The lowest BCUT2D eigenvalue weighted by molar-refractivity contribution is 0.795. The summed E-state index contributed by atoms with van der Waals surface area (Å²) in [6.45, 7) is 6.80. The van der Waals surface area contributed by atoms with Crippen molar-refractivity contribution in [3.8, 4) is 22.3 Å². The van der Waals surface area contributed by atoms with E-state index in [-0.39, 0.29) is 6.71 Å². The van der Waals surface area contributed by atoms with E-state index in [4.69, 9.17) is 0 Å². The summed E-state index contributed by atoms with van der Waals surface area (Å²) in [5, 5.41) is 0. The van der Waals surface area contributed by atoms with Crippen molar-refractivity contribution in [2.45, 2.75) is 59.3 Å². The second-order valence-electron chi connectivity index (χ2n) is 18.3. The standard InChI is InChI=1S/C63H56BN3/c1-4-6-20-46-30-34-53(35-31-46)66-60-44-54(65(51-26-16-10-17-27-51)52-28-18-11-19-29-52)36-37-56(60)64-57-43-50(48-22-12-8-13-23-48)33-39-59(57)67(62-41-45(3)40-61(66)63(62)64)58-38-32-47(21-7-5-2)42-55(58)49-24-14-9-15-25-49/h8-19,22-44H,4-7,20-21H2,1-3H3. The number of rotatable bonds is 13. The minimum absolute atomic E-state index is 0.0319. The van der Waals surface area contributed by atoms with E-state index >= 15 is 0 Å². The van der Waals surface area contributed by atoms with Gasteiger partial charge in [-0.05, 0) is 161 Å². The van der Waals surface area contributed by atoms with E-state index in [1.165, 1.54) is 109 Å². The van der Waals surface area contributed by atoms with E-state index in [0.717, 1.165) is 35.6 Å². The van der Waals surface area contributed by atoms with Gasteiger partial charge in [0.2, 0.25) is 0 Å². The maximum Gasteiger partial charge on any atom is 0.252 e. The normalized spacial score (nSPS) is 12.4. The molecule has 2 aliphatic rings. The van der Waals surface area contributed by atoms with Crippen LogP contribution in [0.2, 0.25) is 0 Å². The van der Waals surface area contributed by atoms with Crippen molar-refractivity contribution in [2.75, 3.05) is 14.7 Å². The van der Waals surface area contributed by atoms with Crippen LogP contribution in [0.25, 0.3) is 22.3 Å². The first-order valence-corrected chi connectivity index (χ1v) is 24.3. The first-order valence-electron chi connectivity index (χ1n) is 24.3. The fraction of sp³-hybridized carbons (Fsp3) is 0.143. The summed E-state index contributed by atoms with van der Waals surface area (Å²) in [5.74, 6) is 0. The molecule has 0 bridgehead atoms. The Hall–Kier alpha value is -7.56. The Kier molecular flexibility index (Phi) is 11.5. The summed E-state index contributed by atoms with van der Waals surface area (Å²) in [4.78, 5) is 7.55. The third-order valence-electron chi connectivity index (χ3n) is 13.8. The third kappa shape index (κ3) is 7.91. The zero-order chi connectivity index (χ0) is 45.3. The van der Waals surface area contributed by atoms with Crippen LogP contribution in [0.4, 0.5) is 51.2 Å². The zero-order valence-corrected chi connectivity index (χ0v) is 38.9. The molecule has 0 saturated carbocycles. The Morgan fingerprint density at radius 2 is 0.970 bits per heavy atom. The van der Waals surface area contributed by atoms with E-state index < -0.39 is 0 Å². The van der Waals surface area contributed by atoms with E-state index in [1.54, 1.807) is 0 Å². The highest BCUT2D eigenvalue weighted by Crippen LogP contribution is 2.48. The average molecular weight is 866 g/mol. The van der Waals surface area contributed by atoms with Crippen LogP contribution in [0.5, 0.6) is 0 Å². The van der Waals surface area contributed by atoms with Crippen LogP contribution in [0, 0.1) is 6.92 Å². The largest absolute Gasteiger partial charge is 0.311 e. The number of aryl methyl sites for hydroxylation is 3. The highest BCUT2D eigenvalue weighted by molar-refractivity contribution is 7.00. The highest BCUT2D eigenvalue weighted by Gasteiger charge is 2.44. The Morgan fingerprint density at radius 1 is 0.403 bits per heavy atom. The molecule has 2 heterocycles. The van der Waals surface area contributed by atoms with Crippen LogP contribution >= 0.6 is 0 Å². The van der Waals surface area contributed by atoms with E-state index in [0.29, 0.717) is 0 Å². The van der Waals surface area contributed by atoms with Crippen molar-refractivity contribution in [2.24, 2.45) is 0 Å². The number of benzene rings is 9. The van der Waals surface area contributed by atoms with Crippen LogP contribution < -0.4 is 31.1 Å². The lowest BCUT2D eigenvalue weighted by Crippen LogP contribution is -2.61. The number of hydrogen-bond acceptors (Lipinski definition) is 3. The Balaban J connectivity index is 1.20. The molecular weight excluding hydrogens is 810 g/mol. The van der Waals surface area contributed by atoms with Crippen molar-refractivity contribution < 1.29 is 0 Å². The highest BCUT2D eigenvalue weighted by atomic mass is 15.2. The van der Waals surface area contributed by atoms with Gasteiger partial charge in [0, 0.05) is 51.1 Å². The molecule has 0 amide bonds. The van der Waals surface area contributed by atoms with Crippen molar-refractivity contribution in [1.82, 2.24) is 0 Å². The molecule has 326 valence electrons. The lowest BCUT2D eigenvalue weighted by Gasteiger charge is -2.45. The van der Waals surface area contributed by atoms with Crippen molar-refractivity contribution in [3.05, 3.63) is 229 Å². The number of para-hydroxylation sites is 2. The molecular formula is C63H56BN3. The van der Waals surface area contributed by atoms with Gasteiger partial charge in [-0.2, -0.15) is 0 Å². The minimum atomic E-state index is -0.0319. The van der Waals surface area contributed by atoms with Gasteiger partial charge in [0.25, 0.3) is 6.71 Å². The van der Waals surface area contributed by atoms with Gasteiger partial charge in [-0.25, -0.2) is 0 Å². The van der Waals surface area contributed by atoms with E-state index in [1.807, 2.05) is 0 Å². The summed E-state index contributed by atoms with van der Waals surface area (Å²) in [6.07, 6.45) is 6.84. The molecule has 0 spiro atoms. The predicted molar refractivity (Wildman–Crippen MR) is 288 cm³/mol. The van der Waals surface area contributed by atoms with Gasteiger partial charge in [-0.3, -0.25) is 0 Å². The quantitative estimate of drug-likeness (QED) is 0.107. The molecule has 9 aromatic rings. The average Bonchev–Trinajstić information content (AvgIpc) is 3.38. The first kappa shape index (κ1) is 42.1. The number of unbranched alkanes of at least 4 members (excludes halogenated alkanes) is 2. The van der Waals surface area contributed by atoms with Crippen LogP contribution in [0.1, 0.15) is 56.2 Å². The summed E-state index contributed by atoms with van der Waals surface area (Å²) < 4.78 is 0. The molecule has 0 aromatic heterocycles. The fourth-order valence-corrected chi connectivity index (χ4v) is 10.6. The fourth-order valence-electron chi connectivity index (χ4n) is 10.6. The lowest BCUT2D eigenvalue weighted by atomic mass is 9.33. The summed E-state index contributed by atoms with van der Waals surface area (Å²) in [7, 11) is 0. The molecule has 11 rings (SSSR count). The molecule has 0 aliphatic carbocycles. The van der Waals surface area contributed by atoms with Gasteiger partial charge in [0.1, 0.15) is 0 Å². The van der Waals surface area contributed by atoms with Crippen LogP contribution in [0.15, 0.2) is 212 Å². The molecule has 9 aromatic carbocycles. The number of anilines is 9. The number of fused-ring (bicyclic) bond motifs is 4.